The van der Waals surface area contributed by atoms with E-state index in [-0.39, 0.29) is 18.6 Å². The van der Waals surface area contributed by atoms with Gasteiger partial charge in [-0.15, -0.1) is 5.10 Å². The van der Waals surface area contributed by atoms with Gasteiger partial charge in [-0.05, 0) is 61.4 Å². The van der Waals surface area contributed by atoms with Crippen LogP contribution in [0.15, 0.2) is 59.8 Å². The molecule has 6 rings (SSSR count). The molecule has 2 fully saturated rings. The first kappa shape index (κ1) is 26.9. The molecule has 0 amide bonds. The summed E-state index contributed by atoms with van der Waals surface area (Å²) >= 11 is 1.57. The fourth-order valence-electron chi connectivity index (χ4n) is 5.52. The van der Waals surface area contributed by atoms with E-state index >= 15 is 0 Å². The van der Waals surface area contributed by atoms with Crippen molar-refractivity contribution in [1.82, 2.24) is 25.0 Å². The molecule has 4 N–H and O–H groups in total. The minimum absolute atomic E-state index is 0.0445. The van der Waals surface area contributed by atoms with E-state index in [0.717, 1.165) is 30.1 Å². The van der Waals surface area contributed by atoms with E-state index in [1.165, 1.54) is 5.56 Å². The number of fused-ring (bicyclic) bond motifs is 1. The molecule has 0 saturated heterocycles. The van der Waals surface area contributed by atoms with Crippen LogP contribution in [-0.4, -0.2) is 70.9 Å². The zero-order valence-corrected chi connectivity index (χ0v) is 23.1. The molecule has 2 aromatic carbocycles. The van der Waals surface area contributed by atoms with Crippen molar-refractivity contribution in [3.63, 3.8) is 0 Å². The molecule has 0 aliphatic heterocycles. The Morgan fingerprint density at radius 2 is 1.85 bits per heavy atom. The largest absolute Gasteiger partial charge is 0.457 e. The quantitative estimate of drug-likeness (QED) is 0.156. The summed E-state index contributed by atoms with van der Waals surface area (Å²) in [5.41, 5.74) is 2.27. The number of aliphatic hydroxyl groups excluding tert-OH is 3. The first-order valence-electron chi connectivity index (χ1n) is 13.9. The number of anilines is 1. The molecule has 10 nitrogen and oxygen atoms in total. The maximum Gasteiger partial charge on any atom is 0.191 e. The van der Waals surface area contributed by atoms with Gasteiger partial charge in [0.05, 0.1) is 12.1 Å². The highest BCUT2D eigenvalue weighted by atomic mass is 32.2. The molecule has 2 aliphatic carbocycles. The van der Waals surface area contributed by atoms with E-state index in [1.807, 2.05) is 42.5 Å². The molecular weight excluding hydrogens is 528 g/mol. The van der Waals surface area contributed by atoms with E-state index in [0.29, 0.717) is 40.9 Å². The average molecular weight is 563 g/mol. The second kappa shape index (κ2) is 11.7. The SMILES string of the molecule is CCCSc1nc(NC2CC2c2cccc(Oc3ccccc3)c2)c2nnn([C@@H]3C[C@H](CCO)[C@@H](O)[C@H]3O)c2n1. The molecule has 0 bridgehead atoms. The van der Waals surface area contributed by atoms with Crippen molar-refractivity contribution in [3.8, 4) is 11.5 Å². The number of thioether (sulfide) groups is 1. The third kappa shape index (κ3) is 5.51. The number of aliphatic hydroxyl groups is 3. The predicted molar refractivity (Wildman–Crippen MR) is 153 cm³/mol. The van der Waals surface area contributed by atoms with Gasteiger partial charge in [-0.3, -0.25) is 0 Å². The van der Waals surface area contributed by atoms with Crippen LogP contribution in [-0.2, 0) is 0 Å². The summed E-state index contributed by atoms with van der Waals surface area (Å²) in [6.45, 7) is 2.07. The number of rotatable bonds is 11. The minimum atomic E-state index is -1.02. The fourth-order valence-corrected chi connectivity index (χ4v) is 6.21. The maximum atomic E-state index is 10.8. The van der Waals surface area contributed by atoms with Crippen molar-refractivity contribution in [2.75, 3.05) is 17.7 Å². The third-order valence-electron chi connectivity index (χ3n) is 7.70. The highest BCUT2D eigenvalue weighted by Crippen LogP contribution is 2.45. The van der Waals surface area contributed by atoms with E-state index in [9.17, 15) is 15.3 Å². The summed E-state index contributed by atoms with van der Waals surface area (Å²) in [6, 6.07) is 17.6. The third-order valence-corrected chi connectivity index (χ3v) is 8.75. The monoisotopic (exact) mass is 562 g/mol. The lowest BCUT2D eigenvalue weighted by Gasteiger charge is -2.17. The first-order valence-corrected chi connectivity index (χ1v) is 14.9. The number of benzene rings is 2. The highest BCUT2D eigenvalue weighted by Gasteiger charge is 2.44. The van der Waals surface area contributed by atoms with Gasteiger partial charge in [-0.2, -0.15) is 0 Å². The molecular formula is C29H34N6O4S. The van der Waals surface area contributed by atoms with Gasteiger partial charge >= 0.3 is 0 Å². The lowest BCUT2D eigenvalue weighted by molar-refractivity contribution is 0.00107. The van der Waals surface area contributed by atoms with Gasteiger partial charge < -0.3 is 25.4 Å². The van der Waals surface area contributed by atoms with E-state index in [1.54, 1.807) is 16.4 Å². The van der Waals surface area contributed by atoms with Gasteiger partial charge in [0.2, 0.25) is 0 Å². The molecule has 11 heteroatoms. The summed E-state index contributed by atoms with van der Waals surface area (Å²) in [4.78, 5) is 9.55. The van der Waals surface area contributed by atoms with Gasteiger partial charge in [0.15, 0.2) is 22.1 Å². The van der Waals surface area contributed by atoms with Crippen LogP contribution >= 0.6 is 11.8 Å². The Morgan fingerprint density at radius 3 is 2.65 bits per heavy atom. The van der Waals surface area contributed by atoms with Gasteiger partial charge in [-0.25, -0.2) is 14.6 Å². The van der Waals surface area contributed by atoms with Crippen molar-refractivity contribution < 1.29 is 20.1 Å². The van der Waals surface area contributed by atoms with Crippen LogP contribution in [0.25, 0.3) is 11.2 Å². The fraction of sp³-hybridized carbons (Fsp3) is 0.448. The Kier molecular flexibility index (Phi) is 7.88. The molecule has 210 valence electrons. The van der Waals surface area contributed by atoms with Crippen molar-refractivity contribution in [2.24, 2.45) is 5.92 Å². The Hall–Kier alpha value is -3.25. The second-order valence-corrected chi connectivity index (χ2v) is 11.6. The molecule has 2 saturated carbocycles. The molecule has 2 aliphatic rings. The molecule has 2 unspecified atom stereocenters. The number of nitrogens with zero attached hydrogens (tertiary/aromatic N) is 5. The number of aromatic nitrogens is 5. The van der Waals surface area contributed by atoms with Crippen LogP contribution in [0.5, 0.6) is 11.5 Å². The van der Waals surface area contributed by atoms with Gasteiger partial charge in [-0.1, -0.05) is 54.2 Å². The maximum absolute atomic E-state index is 10.8. The van der Waals surface area contributed by atoms with Gasteiger partial charge in [0.25, 0.3) is 0 Å². The number of hydrogen-bond acceptors (Lipinski definition) is 10. The van der Waals surface area contributed by atoms with Crippen molar-refractivity contribution >= 4 is 28.7 Å². The number of nitrogens with one attached hydrogen (secondary N) is 1. The topological polar surface area (TPSA) is 138 Å². The van der Waals surface area contributed by atoms with Crippen LogP contribution in [0, 0.1) is 5.92 Å². The van der Waals surface area contributed by atoms with E-state index < -0.39 is 18.2 Å². The van der Waals surface area contributed by atoms with E-state index in [2.05, 4.69) is 34.7 Å². The molecule has 40 heavy (non-hydrogen) atoms. The Morgan fingerprint density at radius 1 is 1.02 bits per heavy atom. The lowest BCUT2D eigenvalue weighted by atomic mass is 10.0. The summed E-state index contributed by atoms with van der Waals surface area (Å²) in [7, 11) is 0. The highest BCUT2D eigenvalue weighted by molar-refractivity contribution is 7.99. The van der Waals surface area contributed by atoms with Crippen LogP contribution in [0.2, 0.25) is 0 Å². The van der Waals surface area contributed by atoms with Gasteiger partial charge in [0.1, 0.15) is 17.6 Å². The zero-order chi connectivity index (χ0) is 27.6. The van der Waals surface area contributed by atoms with Crippen LogP contribution in [0.4, 0.5) is 5.82 Å². The summed E-state index contributed by atoms with van der Waals surface area (Å²) in [6.07, 6.45) is 0.882. The zero-order valence-electron chi connectivity index (χ0n) is 22.3. The Balaban J connectivity index is 1.24. The summed E-state index contributed by atoms with van der Waals surface area (Å²) in [5.74, 6) is 3.19. The number of para-hydroxylation sites is 1. The van der Waals surface area contributed by atoms with Crippen LogP contribution < -0.4 is 10.1 Å². The molecule has 0 radical (unpaired) electrons. The molecule has 4 aromatic rings. The molecule has 2 aromatic heterocycles. The van der Waals surface area contributed by atoms with Crippen LogP contribution in [0.3, 0.4) is 0 Å². The standard InChI is InChI=1S/C29H34N6O4S/c1-2-13-40-29-31-27(24-28(32-29)35(34-33-24)23-15-18(11-12-36)25(37)26(23)38)30-22-16-21(22)17-7-6-10-20(14-17)39-19-8-4-3-5-9-19/h3-10,14,18,21-23,25-26,36-38H,2,11-13,15-16H2,1H3,(H,30,31,32)/t18-,21?,22?,23+,25+,26-/m0/s1. The molecule has 0 spiro atoms. The van der Waals surface area contributed by atoms with Gasteiger partial charge in [0, 0.05) is 24.3 Å². The Bertz CT molecular complexity index is 1450. The van der Waals surface area contributed by atoms with E-state index in [4.69, 9.17) is 14.7 Å². The number of hydrogen-bond donors (Lipinski definition) is 4. The minimum Gasteiger partial charge on any atom is -0.457 e. The first-order chi connectivity index (χ1) is 19.6. The normalized spacial score (nSPS) is 25.8. The molecule has 6 atom stereocenters. The smallest absolute Gasteiger partial charge is 0.191 e. The van der Waals surface area contributed by atoms with Crippen molar-refractivity contribution in [3.05, 3.63) is 60.2 Å². The summed E-state index contributed by atoms with van der Waals surface area (Å²) in [5, 5.41) is 43.7. The lowest BCUT2D eigenvalue weighted by Crippen LogP contribution is -2.30. The average Bonchev–Trinajstić information content (AvgIpc) is 3.52. The number of ether oxygens (including phenoxy) is 1. The predicted octanol–water partition coefficient (Wildman–Crippen LogP) is 4.15. The van der Waals surface area contributed by atoms with Crippen LogP contribution in [0.1, 0.15) is 50.1 Å². The second-order valence-electron chi connectivity index (χ2n) is 10.5. The van der Waals surface area contributed by atoms with Crippen molar-refractivity contribution in [2.45, 2.75) is 68.0 Å². The Labute approximate surface area is 236 Å². The summed E-state index contributed by atoms with van der Waals surface area (Å²) < 4.78 is 7.66. The molecule has 2 heterocycles. The van der Waals surface area contributed by atoms with Crippen molar-refractivity contribution in [1.29, 1.82) is 0 Å².